The van der Waals surface area contributed by atoms with Gasteiger partial charge in [-0.25, -0.2) is 4.98 Å². The minimum absolute atomic E-state index is 0.247. The maximum atomic E-state index is 12.2. The van der Waals surface area contributed by atoms with E-state index in [1.807, 2.05) is 19.2 Å². The van der Waals surface area contributed by atoms with Crippen LogP contribution in [-0.4, -0.2) is 41.6 Å². The summed E-state index contributed by atoms with van der Waals surface area (Å²) in [6, 6.07) is 2.40. The number of rotatable bonds is 6. The van der Waals surface area contributed by atoms with E-state index in [9.17, 15) is 4.79 Å². The predicted molar refractivity (Wildman–Crippen MR) is 96.1 cm³/mol. The molecule has 0 unspecified atom stereocenters. The number of aromatic nitrogens is 2. The van der Waals surface area contributed by atoms with E-state index < -0.39 is 0 Å². The van der Waals surface area contributed by atoms with E-state index in [0.29, 0.717) is 24.3 Å². The number of piperidine rings is 1. The summed E-state index contributed by atoms with van der Waals surface area (Å²) in [5.41, 5.74) is 0. The van der Waals surface area contributed by atoms with Crippen molar-refractivity contribution >= 4 is 17.7 Å². The predicted octanol–water partition coefficient (Wildman–Crippen LogP) is 2.57. The normalized spacial score (nSPS) is 19.5. The molecule has 3 rings (SSSR count). The van der Waals surface area contributed by atoms with Gasteiger partial charge in [-0.05, 0) is 44.6 Å². The van der Waals surface area contributed by atoms with Gasteiger partial charge in [0.2, 0.25) is 11.9 Å². The van der Waals surface area contributed by atoms with Crippen molar-refractivity contribution in [3.8, 4) is 0 Å². The Morgan fingerprint density at radius 2 is 2.00 bits per heavy atom. The highest BCUT2D eigenvalue weighted by Crippen LogP contribution is 2.25. The van der Waals surface area contributed by atoms with Crippen molar-refractivity contribution in [2.75, 3.05) is 29.9 Å². The van der Waals surface area contributed by atoms with E-state index >= 15 is 0 Å². The van der Waals surface area contributed by atoms with E-state index in [0.717, 1.165) is 51.1 Å². The van der Waals surface area contributed by atoms with Gasteiger partial charge < -0.3 is 15.5 Å². The third-order valence-corrected chi connectivity index (χ3v) is 5.11. The second-order valence-corrected chi connectivity index (χ2v) is 6.95. The highest BCUT2D eigenvalue weighted by molar-refractivity contribution is 5.76. The number of nitrogens with one attached hydrogen (secondary N) is 2. The lowest BCUT2D eigenvalue weighted by molar-refractivity contribution is -0.122. The summed E-state index contributed by atoms with van der Waals surface area (Å²) in [7, 11) is 0. The Balaban J connectivity index is 1.45. The number of hydrogen-bond acceptors (Lipinski definition) is 5. The molecule has 1 aliphatic heterocycles. The lowest BCUT2D eigenvalue weighted by Gasteiger charge is -2.32. The van der Waals surface area contributed by atoms with Crippen LogP contribution in [0, 0.1) is 5.92 Å². The van der Waals surface area contributed by atoms with Gasteiger partial charge in [0.1, 0.15) is 5.82 Å². The fraction of sp³-hybridized carbons (Fsp3) is 0.722. The summed E-state index contributed by atoms with van der Waals surface area (Å²) < 4.78 is 0. The van der Waals surface area contributed by atoms with Gasteiger partial charge in [-0.2, -0.15) is 4.98 Å². The van der Waals surface area contributed by atoms with Crippen LogP contribution in [-0.2, 0) is 4.79 Å². The lowest BCUT2D eigenvalue weighted by atomic mass is 9.93. The van der Waals surface area contributed by atoms with Gasteiger partial charge in [-0.1, -0.05) is 12.8 Å². The molecule has 0 aromatic carbocycles. The molecule has 2 heterocycles. The number of anilines is 2. The first-order valence-electron chi connectivity index (χ1n) is 9.36. The highest BCUT2D eigenvalue weighted by atomic mass is 16.1. The summed E-state index contributed by atoms with van der Waals surface area (Å²) in [4.78, 5) is 23.3. The average Bonchev–Trinajstić information content (AvgIpc) is 3.09. The first kappa shape index (κ1) is 17.0. The zero-order valence-corrected chi connectivity index (χ0v) is 14.6. The summed E-state index contributed by atoms with van der Waals surface area (Å²) in [5, 5.41) is 6.36. The summed E-state index contributed by atoms with van der Waals surface area (Å²) in [6.45, 7) is 4.79. The molecule has 2 aliphatic rings. The van der Waals surface area contributed by atoms with Crippen molar-refractivity contribution in [1.29, 1.82) is 0 Å². The van der Waals surface area contributed by atoms with Gasteiger partial charge in [-0.3, -0.25) is 4.79 Å². The van der Waals surface area contributed by atoms with Gasteiger partial charge in [0.15, 0.2) is 0 Å². The molecule has 2 fully saturated rings. The Hall–Kier alpha value is -1.85. The van der Waals surface area contributed by atoms with E-state index in [2.05, 4.69) is 25.5 Å². The van der Waals surface area contributed by atoms with Crippen molar-refractivity contribution in [2.24, 2.45) is 5.92 Å². The minimum atomic E-state index is 0.247. The highest BCUT2D eigenvalue weighted by Gasteiger charge is 2.24. The van der Waals surface area contributed by atoms with Crippen LogP contribution < -0.4 is 15.5 Å². The molecule has 132 valence electrons. The molecule has 1 aromatic rings. The van der Waals surface area contributed by atoms with E-state index in [1.54, 1.807) is 0 Å². The maximum Gasteiger partial charge on any atom is 0.224 e. The molecule has 1 aliphatic carbocycles. The number of amides is 1. The third kappa shape index (κ3) is 4.58. The molecular formula is C18H29N5O. The first-order valence-corrected chi connectivity index (χ1v) is 9.36. The number of hydrogen-bond donors (Lipinski definition) is 2. The zero-order valence-electron chi connectivity index (χ0n) is 14.6. The Morgan fingerprint density at radius 1 is 1.25 bits per heavy atom. The van der Waals surface area contributed by atoms with Crippen LogP contribution >= 0.6 is 0 Å². The molecule has 1 saturated heterocycles. The van der Waals surface area contributed by atoms with Gasteiger partial charge >= 0.3 is 0 Å². The van der Waals surface area contributed by atoms with E-state index in [4.69, 9.17) is 0 Å². The first-order chi connectivity index (χ1) is 11.7. The van der Waals surface area contributed by atoms with Gasteiger partial charge in [-0.15, -0.1) is 0 Å². The topological polar surface area (TPSA) is 70.2 Å². The van der Waals surface area contributed by atoms with Crippen LogP contribution in [0.1, 0.15) is 51.9 Å². The standard InChI is InChI=1S/C18H29N5O/c1-2-19-18-20-10-7-16(22-18)23-11-8-14(9-12-23)13-17(24)21-15-5-3-4-6-15/h7,10,14-15H,2-6,8-9,11-13H2,1H3,(H,21,24)(H,19,20,22). The molecule has 6 heteroatoms. The van der Waals surface area contributed by atoms with Gasteiger partial charge in [0, 0.05) is 38.3 Å². The molecule has 0 atom stereocenters. The zero-order chi connectivity index (χ0) is 16.8. The van der Waals surface area contributed by atoms with Crippen LogP contribution in [0.5, 0.6) is 0 Å². The largest absolute Gasteiger partial charge is 0.356 e. The van der Waals surface area contributed by atoms with Crippen molar-refractivity contribution in [3.63, 3.8) is 0 Å². The molecular weight excluding hydrogens is 302 g/mol. The van der Waals surface area contributed by atoms with Crippen LogP contribution in [0.3, 0.4) is 0 Å². The van der Waals surface area contributed by atoms with Crippen molar-refractivity contribution < 1.29 is 4.79 Å². The summed E-state index contributed by atoms with van der Waals surface area (Å²) in [6.07, 6.45) is 9.43. The molecule has 0 spiro atoms. The van der Waals surface area contributed by atoms with Gasteiger partial charge in [0.05, 0.1) is 0 Å². The summed E-state index contributed by atoms with van der Waals surface area (Å²) in [5.74, 6) is 2.41. The Morgan fingerprint density at radius 3 is 2.71 bits per heavy atom. The molecule has 24 heavy (non-hydrogen) atoms. The fourth-order valence-corrected chi connectivity index (χ4v) is 3.75. The van der Waals surface area contributed by atoms with Crippen LogP contribution in [0.25, 0.3) is 0 Å². The molecule has 1 amide bonds. The van der Waals surface area contributed by atoms with Gasteiger partial charge in [0.25, 0.3) is 0 Å². The molecule has 0 radical (unpaired) electrons. The maximum absolute atomic E-state index is 12.2. The number of nitrogens with zero attached hydrogens (tertiary/aromatic N) is 3. The second-order valence-electron chi connectivity index (χ2n) is 6.95. The molecule has 2 N–H and O–H groups in total. The van der Waals surface area contributed by atoms with Crippen LogP contribution in [0.2, 0.25) is 0 Å². The third-order valence-electron chi connectivity index (χ3n) is 5.11. The van der Waals surface area contributed by atoms with Crippen LogP contribution in [0.4, 0.5) is 11.8 Å². The minimum Gasteiger partial charge on any atom is -0.356 e. The molecule has 1 saturated carbocycles. The van der Waals surface area contributed by atoms with Crippen LogP contribution in [0.15, 0.2) is 12.3 Å². The molecule has 0 bridgehead atoms. The van der Waals surface area contributed by atoms with E-state index in [1.165, 1.54) is 12.8 Å². The Bertz CT molecular complexity index is 536. The Labute approximate surface area is 144 Å². The smallest absolute Gasteiger partial charge is 0.224 e. The van der Waals surface area contributed by atoms with Crippen molar-refractivity contribution in [1.82, 2.24) is 15.3 Å². The number of carbonyl (C=O) groups excluding carboxylic acids is 1. The van der Waals surface area contributed by atoms with E-state index in [-0.39, 0.29) is 5.91 Å². The molecule has 1 aromatic heterocycles. The second kappa shape index (κ2) is 8.31. The number of carbonyl (C=O) groups is 1. The molecule has 6 nitrogen and oxygen atoms in total. The quantitative estimate of drug-likeness (QED) is 0.838. The Kier molecular flexibility index (Phi) is 5.88. The average molecular weight is 331 g/mol. The lowest BCUT2D eigenvalue weighted by Crippen LogP contribution is -2.38. The monoisotopic (exact) mass is 331 g/mol. The SMILES string of the molecule is CCNc1nccc(N2CCC(CC(=O)NC3CCCC3)CC2)n1. The fourth-order valence-electron chi connectivity index (χ4n) is 3.75. The van der Waals surface area contributed by atoms with Crippen molar-refractivity contribution in [2.45, 2.75) is 57.9 Å². The van der Waals surface area contributed by atoms with Crippen molar-refractivity contribution in [3.05, 3.63) is 12.3 Å². The summed E-state index contributed by atoms with van der Waals surface area (Å²) >= 11 is 0.